The van der Waals surface area contributed by atoms with E-state index in [-0.39, 0.29) is 12.3 Å². The molecular formula is C15H19NO3. The number of carbonyl (C=O) groups excluding carboxylic acids is 1. The Morgan fingerprint density at radius 3 is 2.63 bits per heavy atom. The van der Waals surface area contributed by atoms with Gasteiger partial charge in [0.25, 0.3) is 0 Å². The minimum absolute atomic E-state index is 0.0212. The number of carbonyl (C=O) groups is 2. The molecule has 0 aromatic heterocycles. The predicted molar refractivity (Wildman–Crippen MR) is 71.7 cm³/mol. The second kappa shape index (κ2) is 6.36. The van der Waals surface area contributed by atoms with Crippen LogP contribution in [0.25, 0.3) is 0 Å². The molecule has 1 fully saturated rings. The van der Waals surface area contributed by atoms with E-state index >= 15 is 0 Å². The van der Waals surface area contributed by atoms with Crippen LogP contribution in [0, 0.1) is 5.92 Å². The minimum Gasteiger partial charge on any atom is -0.481 e. The van der Waals surface area contributed by atoms with Gasteiger partial charge in [0.2, 0.25) is 5.91 Å². The number of amides is 1. The summed E-state index contributed by atoms with van der Waals surface area (Å²) in [5.41, 5.74) is 1.30. The largest absolute Gasteiger partial charge is 0.481 e. The summed E-state index contributed by atoms with van der Waals surface area (Å²) in [6.45, 7) is 1.05. The second-order valence-electron chi connectivity index (χ2n) is 5.02. The lowest BCUT2D eigenvalue weighted by molar-refractivity contribution is -0.141. The highest BCUT2D eigenvalue weighted by Crippen LogP contribution is 2.18. The van der Waals surface area contributed by atoms with Crippen molar-refractivity contribution in [1.82, 2.24) is 4.90 Å². The average molecular weight is 261 g/mol. The Labute approximate surface area is 113 Å². The SMILES string of the molecule is O=C(O)[C@@H]1CC(=O)N(CCCCc2ccccc2)C1. The van der Waals surface area contributed by atoms with E-state index in [1.807, 2.05) is 18.2 Å². The molecule has 1 N–H and O–H groups in total. The molecule has 0 radical (unpaired) electrons. The van der Waals surface area contributed by atoms with Crippen LogP contribution in [0.1, 0.15) is 24.8 Å². The van der Waals surface area contributed by atoms with Crippen molar-refractivity contribution >= 4 is 11.9 Å². The molecule has 1 aliphatic heterocycles. The molecule has 0 unspecified atom stereocenters. The number of hydrogen-bond donors (Lipinski definition) is 1. The highest BCUT2D eigenvalue weighted by Gasteiger charge is 2.33. The van der Waals surface area contributed by atoms with Crippen molar-refractivity contribution in [2.24, 2.45) is 5.92 Å². The highest BCUT2D eigenvalue weighted by atomic mass is 16.4. The maximum Gasteiger partial charge on any atom is 0.308 e. The Balaban J connectivity index is 1.69. The maximum absolute atomic E-state index is 11.6. The van der Waals surface area contributed by atoms with Gasteiger partial charge in [-0.2, -0.15) is 0 Å². The van der Waals surface area contributed by atoms with E-state index in [2.05, 4.69) is 12.1 Å². The molecule has 0 saturated carbocycles. The zero-order valence-electron chi connectivity index (χ0n) is 10.9. The summed E-state index contributed by atoms with van der Waals surface area (Å²) in [5, 5.41) is 8.89. The van der Waals surface area contributed by atoms with Crippen molar-refractivity contribution in [2.75, 3.05) is 13.1 Å². The van der Waals surface area contributed by atoms with Gasteiger partial charge in [0.1, 0.15) is 0 Å². The zero-order chi connectivity index (χ0) is 13.7. The van der Waals surface area contributed by atoms with Gasteiger partial charge in [0.15, 0.2) is 0 Å². The first-order valence-electron chi connectivity index (χ1n) is 6.71. The number of carboxylic acids is 1. The molecule has 19 heavy (non-hydrogen) atoms. The fourth-order valence-corrected chi connectivity index (χ4v) is 2.43. The van der Waals surface area contributed by atoms with Crippen molar-refractivity contribution in [1.29, 1.82) is 0 Å². The van der Waals surface area contributed by atoms with Crippen molar-refractivity contribution in [3.63, 3.8) is 0 Å². The molecule has 0 aliphatic carbocycles. The van der Waals surface area contributed by atoms with Crippen molar-refractivity contribution < 1.29 is 14.7 Å². The lowest BCUT2D eigenvalue weighted by Crippen LogP contribution is -2.27. The van der Waals surface area contributed by atoms with Gasteiger partial charge in [-0.15, -0.1) is 0 Å². The molecule has 1 atom stereocenters. The monoisotopic (exact) mass is 261 g/mol. The summed E-state index contributed by atoms with van der Waals surface area (Å²) in [6.07, 6.45) is 3.11. The van der Waals surface area contributed by atoms with Crippen LogP contribution >= 0.6 is 0 Å². The van der Waals surface area contributed by atoms with Crippen LogP contribution in [0.15, 0.2) is 30.3 Å². The normalized spacial score (nSPS) is 18.8. The van der Waals surface area contributed by atoms with Crippen LogP contribution in [0.3, 0.4) is 0 Å². The molecule has 4 nitrogen and oxygen atoms in total. The number of aliphatic carboxylic acids is 1. The molecule has 1 aliphatic rings. The van der Waals surface area contributed by atoms with Crippen molar-refractivity contribution in [3.05, 3.63) is 35.9 Å². The average Bonchev–Trinajstić information content (AvgIpc) is 2.78. The first-order chi connectivity index (χ1) is 9.16. The summed E-state index contributed by atoms with van der Waals surface area (Å²) in [7, 11) is 0. The molecule has 0 spiro atoms. The highest BCUT2D eigenvalue weighted by molar-refractivity contribution is 5.86. The molecule has 102 valence electrons. The molecule has 1 aromatic carbocycles. The lowest BCUT2D eigenvalue weighted by atomic mass is 10.1. The number of likely N-dealkylation sites (tertiary alicyclic amines) is 1. The summed E-state index contributed by atoms with van der Waals surface area (Å²) in [4.78, 5) is 24.1. The standard InChI is InChI=1S/C15H19NO3/c17-14-10-13(15(18)19)11-16(14)9-5-4-8-12-6-2-1-3-7-12/h1-3,6-7,13H,4-5,8-11H2,(H,18,19)/t13-/m1/s1. The van der Waals surface area contributed by atoms with E-state index in [1.54, 1.807) is 4.90 Å². The van der Waals surface area contributed by atoms with E-state index < -0.39 is 11.9 Å². The number of nitrogens with zero attached hydrogens (tertiary/aromatic N) is 1. The van der Waals surface area contributed by atoms with E-state index in [1.165, 1.54) is 5.56 Å². The second-order valence-corrected chi connectivity index (χ2v) is 5.02. The van der Waals surface area contributed by atoms with Crippen LogP contribution < -0.4 is 0 Å². The topological polar surface area (TPSA) is 57.6 Å². The van der Waals surface area contributed by atoms with E-state index in [0.29, 0.717) is 13.1 Å². The van der Waals surface area contributed by atoms with Crippen LogP contribution in [0.4, 0.5) is 0 Å². The number of benzene rings is 1. The smallest absolute Gasteiger partial charge is 0.308 e. The summed E-state index contributed by atoms with van der Waals surface area (Å²) in [5.74, 6) is -1.39. The fraction of sp³-hybridized carbons (Fsp3) is 0.467. The Morgan fingerprint density at radius 2 is 2.00 bits per heavy atom. The van der Waals surface area contributed by atoms with Gasteiger partial charge < -0.3 is 10.0 Å². The maximum atomic E-state index is 11.6. The van der Waals surface area contributed by atoms with Crippen LogP contribution in [-0.4, -0.2) is 35.0 Å². The molecular weight excluding hydrogens is 242 g/mol. The molecule has 1 heterocycles. The van der Waals surface area contributed by atoms with Gasteiger partial charge in [0.05, 0.1) is 5.92 Å². The van der Waals surface area contributed by atoms with Gasteiger partial charge in [-0.25, -0.2) is 0 Å². The first-order valence-corrected chi connectivity index (χ1v) is 6.71. The minimum atomic E-state index is -0.861. The third-order valence-electron chi connectivity index (χ3n) is 3.55. The molecule has 2 rings (SSSR count). The number of rotatable bonds is 6. The molecule has 1 aromatic rings. The third-order valence-corrected chi connectivity index (χ3v) is 3.55. The summed E-state index contributed by atoms with van der Waals surface area (Å²) >= 11 is 0. The summed E-state index contributed by atoms with van der Waals surface area (Å²) in [6, 6.07) is 10.2. The number of hydrogen-bond acceptors (Lipinski definition) is 2. The van der Waals surface area contributed by atoms with Gasteiger partial charge >= 0.3 is 5.97 Å². The molecule has 0 bridgehead atoms. The third kappa shape index (κ3) is 3.81. The fourth-order valence-electron chi connectivity index (χ4n) is 2.43. The van der Waals surface area contributed by atoms with Gasteiger partial charge in [0, 0.05) is 19.5 Å². The molecule has 1 saturated heterocycles. The number of carboxylic acid groups (broad SMARTS) is 1. The lowest BCUT2D eigenvalue weighted by Gasteiger charge is -2.15. The quantitative estimate of drug-likeness (QED) is 0.796. The molecule has 4 heteroatoms. The van der Waals surface area contributed by atoms with E-state index in [4.69, 9.17) is 5.11 Å². The molecule has 1 amide bonds. The van der Waals surface area contributed by atoms with Crippen LogP contribution in [0.2, 0.25) is 0 Å². The Morgan fingerprint density at radius 1 is 1.26 bits per heavy atom. The van der Waals surface area contributed by atoms with Crippen LogP contribution in [-0.2, 0) is 16.0 Å². The van der Waals surface area contributed by atoms with Crippen molar-refractivity contribution in [3.8, 4) is 0 Å². The van der Waals surface area contributed by atoms with Crippen LogP contribution in [0.5, 0.6) is 0 Å². The first kappa shape index (κ1) is 13.6. The Bertz CT molecular complexity index is 444. The van der Waals surface area contributed by atoms with E-state index in [0.717, 1.165) is 19.3 Å². The predicted octanol–water partition coefficient (Wildman–Crippen LogP) is 1.94. The summed E-state index contributed by atoms with van der Waals surface area (Å²) < 4.78 is 0. The van der Waals surface area contributed by atoms with Gasteiger partial charge in [-0.3, -0.25) is 9.59 Å². The number of aryl methyl sites for hydroxylation is 1. The zero-order valence-corrected chi connectivity index (χ0v) is 10.9. The Hall–Kier alpha value is -1.84. The Kier molecular flexibility index (Phi) is 4.55. The number of unbranched alkanes of at least 4 members (excludes halogenated alkanes) is 1. The van der Waals surface area contributed by atoms with E-state index in [9.17, 15) is 9.59 Å². The van der Waals surface area contributed by atoms with Crippen molar-refractivity contribution in [2.45, 2.75) is 25.7 Å². The van der Waals surface area contributed by atoms with Gasteiger partial charge in [-0.05, 0) is 24.8 Å². The van der Waals surface area contributed by atoms with Gasteiger partial charge in [-0.1, -0.05) is 30.3 Å².